The molecule has 4 fully saturated rings. The summed E-state index contributed by atoms with van der Waals surface area (Å²) in [5.41, 5.74) is 0.0327. The number of methoxy groups -OCH3 is 1. The van der Waals surface area contributed by atoms with E-state index in [1.807, 2.05) is 0 Å². The fourth-order valence-corrected chi connectivity index (χ4v) is 9.33. The van der Waals surface area contributed by atoms with Gasteiger partial charge >= 0.3 is 11.9 Å². The Morgan fingerprint density at radius 1 is 1.09 bits per heavy atom. The summed E-state index contributed by atoms with van der Waals surface area (Å²) < 4.78 is 11.0. The molecule has 0 spiro atoms. The second-order valence-corrected chi connectivity index (χ2v) is 12.6. The highest BCUT2D eigenvalue weighted by molar-refractivity contribution is 5.69. The molecule has 4 saturated carbocycles. The van der Waals surface area contributed by atoms with Gasteiger partial charge in [0.2, 0.25) is 0 Å². The summed E-state index contributed by atoms with van der Waals surface area (Å²) in [7, 11) is 1.45. The number of carbonyl (C=O) groups excluding carboxylic acids is 2. The zero-order valence-corrected chi connectivity index (χ0v) is 21.6. The number of fused-ring (bicyclic) bond motifs is 5. The topological polar surface area (TPSA) is 72.8 Å². The standard InChI is InChI=1S/C28H46O5/c1-16-11-12-27(4)19(13-16)14-23(33-18(3)29)26-21-9-8-20(17(2)7-10-25(31)32-6)28(21,5)24(30)15-22(26)27/h16-17,19-24,26,30H,7-15H2,1-6H3/t16-,17?,19+,20-,21+,22+,23-,24+,26+,27+,28-/m1/s1. The maximum absolute atomic E-state index is 12.2. The zero-order chi connectivity index (χ0) is 24.1. The summed E-state index contributed by atoms with van der Waals surface area (Å²) >= 11 is 0. The number of aliphatic hydroxyl groups excluding tert-OH is 1. The van der Waals surface area contributed by atoms with Crippen molar-refractivity contribution in [1.29, 1.82) is 0 Å². The first-order valence-electron chi connectivity index (χ1n) is 13.4. The highest BCUT2D eigenvalue weighted by Gasteiger charge is 2.66. The molecule has 1 N–H and O–H groups in total. The number of hydrogen-bond donors (Lipinski definition) is 1. The number of hydrogen-bond acceptors (Lipinski definition) is 5. The molecule has 11 atom stereocenters. The van der Waals surface area contributed by atoms with Crippen LogP contribution in [0, 0.1) is 52.3 Å². The monoisotopic (exact) mass is 462 g/mol. The molecule has 188 valence electrons. The Morgan fingerprint density at radius 3 is 2.48 bits per heavy atom. The van der Waals surface area contributed by atoms with Crippen LogP contribution >= 0.6 is 0 Å². The number of aliphatic hydroxyl groups is 1. The van der Waals surface area contributed by atoms with Crippen LogP contribution in [0.1, 0.15) is 92.4 Å². The Labute approximate surface area is 200 Å². The minimum absolute atomic E-state index is 0.0307. The summed E-state index contributed by atoms with van der Waals surface area (Å²) in [6, 6.07) is 0. The van der Waals surface area contributed by atoms with Crippen molar-refractivity contribution in [2.45, 2.75) is 105 Å². The van der Waals surface area contributed by atoms with E-state index in [4.69, 9.17) is 9.47 Å². The molecule has 0 saturated heterocycles. The van der Waals surface area contributed by atoms with Crippen molar-refractivity contribution in [3.63, 3.8) is 0 Å². The Hall–Kier alpha value is -1.10. The lowest BCUT2D eigenvalue weighted by atomic mass is 9.42. The van der Waals surface area contributed by atoms with E-state index in [-0.39, 0.29) is 35.0 Å². The van der Waals surface area contributed by atoms with E-state index in [9.17, 15) is 14.7 Å². The average Bonchev–Trinajstić information content (AvgIpc) is 3.11. The van der Waals surface area contributed by atoms with Crippen molar-refractivity contribution in [2.24, 2.45) is 52.3 Å². The molecule has 5 nitrogen and oxygen atoms in total. The molecule has 5 heteroatoms. The molecular weight excluding hydrogens is 416 g/mol. The van der Waals surface area contributed by atoms with Gasteiger partial charge in [0.15, 0.2) is 0 Å². The van der Waals surface area contributed by atoms with Gasteiger partial charge in [0.1, 0.15) is 6.10 Å². The lowest BCUT2D eigenvalue weighted by Gasteiger charge is -2.64. The van der Waals surface area contributed by atoms with E-state index in [1.165, 1.54) is 26.4 Å². The van der Waals surface area contributed by atoms with Crippen LogP contribution in [0.15, 0.2) is 0 Å². The third-order valence-corrected chi connectivity index (χ3v) is 11.1. The molecule has 33 heavy (non-hydrogen) atoms. The second-order valence-electron chi connectivity index (χ2n) is 12.6. The van der Waals surface area contributed by atoms with Gasteiger partial charge in [0.05, 0.1) is 13.2 Å². The summed E-state index contributed by atoms with van der Waals surface area (Å²) in [5.74, 6) is 2.79. The summed E-state index contributed by atoms with van der Waals surface area (Å²) in [6.07, 6.45) is 8.51. The normalized spacial score (nSPS) is 47.6. The molecule has 0 heterocycles. The Kier molecular flexibility index (Phi) is 6.95. The van der Waals surface area contributed by atoms with Gasteiger partial charge in [0, 0.05) is 19.3 Å². The lowest BCUT2D eigenvalue weighted by molar-refractivity contribution is -0.214. The SMILES string of the molecule is COC(=O)CCC(C)[C@H]1CC[C@H]2[C@@H]3[C@H](OC(C)=O)C[C@@H]4C[C@H](C)CC[C@]4(C)[C@H]3C[C@H](O)[C@]12C. The van der Waals surface area contributed by atoms with Crippen molar-refractivity contribution in [2.75, 3.05) is 7.11 Å². The number of ether oxygens (including phenoxy) is 2. The fourth-order valence-electron chi connectivity index (χ4n) is 9.33. The Bertz CT molecular complexity index is 751. The van der Waals surface area contributed by atoms with Crippen molar-refractivity contribution in [3.8, 4) is 0 Å². The molecule has 0 aromatic rings. The molecule has 0 aliphatic heterocycles. The van der Waals surface area contributed by atoms with Gasteiger partial charge in [0.25, 0.3) is 0 Å². The van der Waals surface area contributed by atoms with Gasteiger partial charge in [-0.15, -0.1) is 0 Å². The molecule has 0 amide bonds. The number of carbonyl (C=O) groups is 2. The third-order valence-electron chi connectivity index (χ3n) is 11.1. The maximum Gasteiger partial charge on any atom is 0.305 e. The van der Waals surface area contributed by atoms with Crippen LogP contribution in [0.2, 0.25) is 0 Å². The molecular formula is C28H46O5. The zero-order valence-electron chi connectivity index (χ0n) is 21.6. The third kappa shape index (κ3) is 4.15. The van der Waals surface area contributed by atoms with Gasteiger partial charge in [-0.25, -0.2) is 0 Å². The first kappa shape index (κ1) is 25.0. The summed E-state index contributed by atoms with van der Waals surface area (Å²) in [5, 5.41) is 11.7. The molecule has 0 aromatic carbocycles. The smallest absolute Gasteiger partial charge is 0.305 e. The minimum atomic E-state index is -0.343. The molecule has 4 rings (SSSR count). The van der Waals surface area contributed by atoms with Gasteiger partial charge in [-0.2, -0.15) is 0 Å². The van der Waals surface area contributed by atoms with Crippen LogP contribution in [0.5, 0.6) is 0 Å². The Morgan fingerprint density at radius 2 is 1.82 bits per heavy atom. The second kappa shape index (κ2) is 9.17. The van der Waals surface area contributed by atoms with E-state index in [0.29, 0.717) is 41.9 Å². The van der Waals surface area contributed by atoms with E-state index in [2.05, 4.69) is 27.7 Å². The van der Waals surface area contributed by atoms with E-state index in [1.54, 1.807) is 6.92 Å². The largest absolute Gasteiger partial charge is 0.469 e. The van der Waals surface area contributed by atoms with Crippen LogP contribution in [-0.2, 0) is 19.1 Å². The maximum atomic E-state index is 12.2. The minimum Gasteiger partial charge on any atom is -0.469 e. The van der Waals surface area contributed by atoms with Crippen LogP contribution in [0.25, 0.3) is 0 Å². The predicted molar refractivity (Wildman–Crippen MR) is 127 cm³/mol. The highest BCUT2D eigenvalue weighted by Crippen LogP contribution is 2.69. The van der Waals surface area contributed by atoms with Crippen molar-refractivity contribution < 1.29 is 24.2 Å². The van der Waals surface area contributed by atoms with Crippen molar-refractivity contribution in [3.05, 3.63) is 0 Å². The molecule has 0 radical (unpaired) electrons. The van der Waals surface area contributed by atoms with Crippen LogP contribution in [0.3, 0.4) is 0 Å². The van der Waals surface area contributed by atoms with Crippen molar-refractivity contribution in [1.82, 2.24) is 0 Å². The first-order chi connectivity index (χ1) is 15.5. The molecule has 1 unspecified atom stereocenters. The van der Waals surface area contributed by atoms with Crippen molar-refractivity contribution >= 4 is 11.9 Å². The van der Waals surface area contributed by atoms with Crippen LogP contribution < -0.4 is 0 Å². The summed E-state index contributed by atoms with van der Waals surface area (Å²) in [6.45, 7) is 10.9. The molecule has 4 aliphatic rings. The van der Waals surface area contributed by atoms with Gasteiger partial charge in [-0.05, 0) is 91.3 Å². The van der Waals surface area contributed by atoms with Crippen LogP contribution in [0.4, 0.5) is 0 Å². The number of rotatable bonds is 5. The Balaban J connectivity index is 1.64. The summed E-state index contributed by atoms with van der Waals surface area (Å²) in [4.78, 5) is 23.9. The lowest BCUT2D eigenvalue weighted by Crippen LogP contribution is -2.62. The van der Waals surface area contributed by atoms with E-state index >= 15 is 0 Å². The van der Waals surface area contributed by atoms with Gasteiger partial charge in [-0.1, -0.05) is 34.1 Å². The highest BCUT2D eigenvalue weighted by atomic mass is 16.5. The first-order valence-corrected chi connectivity index (χ1v) is 13.4. The van der Waals surface area contributed by atoms with E-state index < -0.39 is 0 Å². The van der Waals surface area contributed by atoms with E-state index in [0.717, 1.165) is 38.0 Å². The number of esters is 2. The fraction of sp³-hybridized carbons (Fsp3) is 0.929. The molecule has 0 aromatic heterocycles. The molecule has 0 bridgehead atoms. The predicted octanol–water partition coefficient (Wildman–Crippen LogP) is 5.38. The quantitative estimate of drug-likeness (QED) is 0.555. The van der Waals surface area contributed by atoms with Gasteiger partial charge < -0.3 is 14.6 Å². The van der Waals surface area contributed by atoms with Gasteiger partial charge in [-0.3, -0.25) is 9.59 Å². The van der Waals surface area contributed by atoms with Crippen LogP contribution in [-0.4, -0.2) is 36.4 Å². The molecule has 4 aliphatic carbocycles. The average molecular weight is 463 g/mol.